The predicted octanol–water partition coefficient (Wildman–Crippen LogP) is 2.85. The molecule has 1 N–H and O–H groups in total. The molecule has 1 unspecified atom stereocenters. The highest BCUT2D eigenvalue weighted by atomic mass is 35.5. The van der Waals surface area contributed by atoms with Crippen LogP contribution in [-0.2, 0) is 26.3 Å². The third kappa shape index (κ3) is 2.65. The first-order valence-corrected chi connectivity index (χ1v) is 7.62. The lowest BCUT2D eigenvalue weighted by molar-refractivity contribution is 0.175. The van der Waals surface area contributed by atoms with Crippen LogP contribution in [-0.4, -0.2) is 21.5 Å². The first-order valence-electron chi connectivity index (χ1n) is 7.24. The number of ether oxygens (including phenoxy) is 1. The average molecular weight is 307 g/mol. The van der Waals surface area contributed by atoms with Crippen molar-refractivity contribution >= 4 is 11.6 Å². The van der Waals surface area contributed by atoms with Crippen molar-refractivity contribution in [3.05, 3.63) is 45.7 Å². The van der Waals surface area contributed by atoms with E-state index in [1.54, 1.807) is 4.68 Å². The van der Waals surface area contributed by atoms with Crippen molar-refractivity contribution in [2.75, 3.05) is 6.61 Å². The summed E-state index contributed by atoms with van der Waals surface area (Å²) in [6.45, 7) is 2.75. The summed E-state index contributed by atoms with van der Waals surface area (Å²) in [6, 6.07) is 5.88. The van der Waals surface area contributed by atoms with E-state index in [0.29, 0.717) is 11.4 Å². The molecule has 112 valence electrons. The maximum Gasteiger partial charge on any atom is 0.122 e. The Morgan fingerprint density at radius 2 is 2.29 bits per heavy atom. The monoisotopic (exact) mass is 306 g/mol. The third-order valence-electron chi connectivity index (χ3n) is 3.99. The van der Waals surface area contributed by atoms with E-state index in [4.69, 9.17) is 16.3 Å². The number of aryl methyl sites for hydroxylation is 2. The van der Waals surface area contributed by atoms with Crippen LogP contribution >= 0.6 is 11.6 Å². The van der Waals surface area contributed by atoms with Crippen LogP contribution in [0, 0.1) is 0 Å². The molecule has 0 bridgehead atoms. The van der Waals surface area contributed by atoms with Crippen molar-refractivity contribution in [2.24, 2.45) is 7.05 Å². The smallest absolute Gasteiger partial charge is 0.122 e. The molecular formula is C16H19ClN2O2. The Morgan fingerprint density at radius 1 is 1.48 bits per heavy atom. The Labute approximate surface area is 129 Å². The number of fused-ring (bicyclic) bond motifs is 1. The van der Waals surface area contributed by atoms with Gasteiger partial charge in [-0.3, -0.25) is 4.68 Å². The second-order valence-electron chi connectivity index (χ2n) is 5.37. The number of hydrogen-bond donors (Lipinski definition) is 1. The number of hydrogen-bond acceptors (Lipinski definition) is 3. The zero-order chi connectivity index (χ0) is 15.0. The maximum atomic E-state index is 10.5. The molecule has 1 aliphatic heterocycles. The minimum Gasteiger partial charge on any atom is -0.493 e. The van der Waals surface area contributed by atoms with Crippen LogP contribution in [0.1, 0.15) is 35.5 Å². The van der Waals surface area contributed by atoms with Gasteiger partial charge in [-0.05, 0) is 29.7 Å². The quantitative estimate of drug-likeness (QED) is 0.945. The van der Waals surface area contributed by atoms with E-state index >= 15 is 0 Å². The molecule has 1 atom stereocenters. The van der Waals surface area contributed by atoms with Gasteiger partial charge in [-0.25, -0.2) is 0 Å². The van der Waals surface area contributed by atoms with E-state index in [1.165, 1.54) is 0 Å². The van der Waals surface area contributed by atoms with Gasteiger partial charge in [-0.2, -0.15) is 5.10 Å². The van der Waals surface area contributed by atoms with Gasteiger partial charge in [0, 0.05) is 19.9 Å². The van der Waals surface area contributed by atoms with Crippen molar-refractivity contribution < 1.29 is 9.84 Å². The standard InChI is InChI=1S/C16H19ClN2O2/c1-3-12-16(17)13(19(2)18-12)9-14(20)10-4-5-15-11(8-10)6-7-21-15/h4-5,8,14,20H,3,6-7,9H2,1-2H3. The SMILES string of the molecule is CCc1nn(C)c(CC(O)c2ccc3c(c2)CCO3)c1Cl. The lowest BCUT2D eigenvalue weighted by Gasteiger charge is -2.13. The zero-order valence-corrected chi connectivity index (χ0v) is 13.0. The molecule has 21 heavy (non-hydrogen) atoms. The van der Waals surface area contributed by atoms with Crippen LogP contribution in [0.2, 0.25) is 5.02 Å². The van der Waals surface area contributed by atoms with E-state index in [-0.39, 0.29) is 0 Å². The van der Waals surface area contributed by atoms with Gasteiger partial charge < -0.3 is 9.84 Å². The summed E-state index contributed by atoms with van der Waals surface area (Å²) in [5.41, 5.74) is 3.81. The summed E-state index contributed by atoms with van der Waals surface area (Å²) in [6.07, 6.45) is 1.57. The Morgan fingerprint density at radius 3 is 3.00 bits per heavy atom. The minimum absolute atomic E-state index is 0.460. The topological polar surface area (TPSA) is 47.3 Å². The molecule has 3 rings (SSSR count). The highest BCUT2D eigenvalue weighted by Gasteiger charge is 2.20. The lowest BCUT2D eigenvalue weighted by Crippen LogP contribution is -2.07. The normalized spacial score (nSPS) is 14.9. The molecule has 0 fully saturated rings. The largest absolute Gasteiger partial charge is 0.493 e. The third-order valence-corrected chi connectivity index (χ3v) is 4.42. The Balaban J connectivity index is 1.83. The predicted molar refractivity (Wildman–Crippen MR) is 81.9 cm³/mol. The fourth-order valence-corrected chi connectivity index (χ4v) is 3.13. The number of nitrogens with zero attached hydrogens (tertiary/aromatic N) is 2. The molecule has 2 heterocycles. The molecule has 0 saturated heterocycles. The molecule has 0 radical (unpaired) electrons. The molecule has 0 aliphatic carbocycles. The van der Waals surface area contributed by atoms with E-state index in [2.05, 4.69) is 5.10 Å². The van der Waals surface area contributed by atoms with Gasteiger partial charge in [0.2, 0.25) is 0 Å². The molecule has 4 nitrogen and oxygen atoms in total. The number of halogens is 1. The molecule has 1 aliphatic rings. The highest BCUT2D eigenvalue weighted by Crippen LogP contribution is 2.31. The van der Waals surface area contributed by atoms with Gasteiger partial charge in [-0.1, -0.05) is 24.6 Å². The van der Waals surface area contributed by atoms with Crippen molar-refractivity contribution in [2.45, 2.75) is 32.3 Å². The Kier molecular flexibility index (Phi) is 3.91. The number of benzene rings is 1. The number of rotatable bonds is 4. The zero-order valence-electron chi connectivity index (χ0n) is 12.3. The Hall–Kier alpha value is -1.52. The summed E-state index contributed by atoms with van der Waals surface area (Å²) in [7, 11) is 1.86. The van der Waals surface area contributed by atoms with Gasteiger partial charge in [0.15, 0.2) is 0 Å². The van der Waals surface area contributed by atoms with Gasteiger partial charge in [0.05, 0.1) is 29.1 Å². The average Bonchev–Trinajstić information content (AvgIpc) is 3.05. The van der Waals surface area contributed by atoms with Crippen molar-refractivity contribution in [1.82, 2.24) is 9.78 Å². The molecule has 1 aromatic carbocycles. The van der Waals surface area contributed by atoms with E-state index < -0.39 is 6.10 Å². The molecule has 5 heteroatoms. The molecule has 1 aromatic heterocycles. The second kappa shape index (κ2) is 5.70. The van der Waals surface area contributed by atoms with Crippen molar-refractivity contribution in [1.29, 1.82) is 0 Å². The fourth-order valence-electron chi connectivity index (χ4n) is 2.76. The van der Waals surface area contributed by atoms with Crippen LogP contribution < -0.4 is 4.74 Å². The molecular weight excluding hydrogens is 288 g/mol. The summed E-state index contributed by atoms with van der Waals surface area (Å²) in [5, 5.41) is 15.6. The fraction of sp³-hybridized carbons (Fsp3) is 0.438. The number of aliphatic hydroxyl groups is 1. The maximum absolute atomic E-state index is 10.5. The van der Waals surface area contributed by atoms with Crippen LogP contribution in [0.5, 0.6) is 5.75 Å². The molecule has 0 saturated carbocycles. The van der Waals surface area contributed by atoms with E-state index in [0.717, 1.165) is 47.7 Å². The number of aliphatic hydroxyl groups excluding tert-OH is 1. The summed E-state index contributed by atoms with van der Waals surface area (Å²) in [5.74, 6) is 0.929. The second-order valence-corrected chi connectivity index (χ2v) is 5.75. The van der Waals surface area contributed by atoms with Crippen LogP contribution in [0.15, 0.2) is 18.2 Å². The first-order chi connectivity index (χ1) is 10.1. The molecule has 2 aromatic rings. The van der Waals surface area contributed by atoms with Gasteiger partial charge in [0.25, 0.3) is 0 Å². The van der Waals surface area contributed by atoms with Gasteiger partial charge in [0.1, 0.15) is 5.75 Å². The number of aromatic nitrogens is 2. The molecule has 0 amide bonds. The molecule has 0 spiro atoms. The summed E-state index contributed by atoms with van der Waals surface area (Å²) < 4.78 is 7.26. The van der Waals surface area contributed by atoms with E-state index in [9.17, 15) is 5.11 Å². The van der Waals surface area contributed by atoms with Crippen LogP contribution in [0.3, 0.4) is 0 Å². The van der Waals surface area contributed by atoms with Crippen LogP contribution in [0.25, 0.3) is 0 Å². The van der Waals surface area contributed by atoms with E-state index in [1.807, 2.05) is 32.2 Å². The van der Waals surface area contributed by atoms with Gasteiger partial charge >= 0.3 is 0 Å². The Bertz CT molecular complexity index is 667. The lowest BCUT2D eigenvalue weighted by atomic mass is 10.0. The minimum atomic E-state index is -0.589. The summed E-state index contributed by atoms with van der Waals surface area (Å²) in [4.78, 5) is 0. The van der Waals surface area contributed by atoms with Crippen molar-refractivity contribution in [3.63, 3.8) is 0 Å². The summed E-state index contributed by atoms with van der Waals surface area (Å²) >= 11 is 6.34. The highest BCUT2D eigenvalue weighted by molar-refractivity contribution is 6.31. The first kappa shape index (κ1) is 14.4. The van der Waals surface area contributed by atoms with Gasteiger partial charge in [-0.15, -0.1) is 0 Å². The van der Waals surface area contributed by atoms with Crippen molar-refractivity contribution in [3.8, 4) is 5.75 Å². The van der Waals surface area contributed by atoms with Crippen LogP contribution in [0.4, 0.5) is 0 Å².